The Balaban J connectivity index is 0. The van der Waals surface area contributed by atoms with Gasteiger partial charge in [0.2, 0.25) is 0 Å². The van der Waals surface area contributed by atoms with Crippen LogP contribution >= 0.6 is 0 Å². The zero-order valence-corrected chi connectivity index (χ0v) is 5.50. The van der Waals surface area contributed by atoms with Gasteiger partial charge in [0.1, 0.15) is 6.29 Å². The molecule has 0 fully saturated rings. The van der Waals surface area contributed by atoms with Gasteiger partial charge in [0.25, 0.3) is 0 Å². The third kappa shape index (κ3) is 19.8. The van der Waals surface area contributed by atoms with Crippen molar-refractivity contribution in [1.82, 2.24) is 0 Å². The van der Waals surface area contributed by atoms with Crippen LogP contribution in [0.5, 0.6) is 0 Å². The number of hydrogen-bond donors (Lipinski definition) is 1. The first kappa shape index (κ1) is 10.8. The quantitative estimate of drug-likeness (QED) is 0.445. The molecule has 0 heterocycles. The van der Waals surface area contributed by atoms with Crippen molar-refractivity contribution in [2.75, 3.05) is 0 Å². The SMILES string of the molecule is CC.O=C/C=C\C(=O)O. The van der Waals surface area contributed by atoms with Gasteiger partial charge >= 0.3 is 5.97 Å². The Kier molecular flexibility index (Phi) is 12.0. The van der Waals surface area contributed by atoms with Crippen LogP contribution in [0.25, 0.3) is 0 Å². The van der Waals surface area contributed by atoms with E-state index in [-0.39, 0.29) is 0 Å². The fraction of sp³-hybridized carbons (Fsp3) is 0.333. The molecule has 0 radical (unpaired) electrons. The van der Waals surface area contributed by atoms with Crippen LogP contribution in [-0.2, 0) is 9.59 Å². The summed E-state index contributed by atoms with van der Waals surface area (Å²) in [6, 6.07) is 0. The van der Waals surface area contributed by atoms with Crippen molar-refractivity contribution in [2.24, 2.45) is 0 Å². The Morgan fingerprint density at radius 2 is 1.89 bits per heavy atom. The number of rotatable bonds is 2. The van der Waals surface area contributed by atoms with Crippen molar-refractivity contribution in [3.63, 3.8) is 0 Å². The van der Waals surface area contributed by atoms with Gasteiger partial charge in [-0.15, -0.1) is 0 Å². The van der Waals surface area contributed by atoms with E-state index in [4.69, 9.17) is 5.11 Å². The zero-order chi connectivity index (χ0) is 7.70. The summed E-state index contributed by atoms with van der Waals surface area (Å²) in [5.41, 5.74) is 0. The van der Waals surface area contributed by atoms with Gasteiger partial charge in [-0.3, -0.25) is 4.79 Å². The van der Waals surface area contributed by atoms with E-state index in [9.17, 15) is 9.59 Å². The molecule has 0 bridgehead atoms. The lowest BCUT2D eigenvalue weighted by molar-refractivity contribution is -0.131. The summed E-state index contributed by atoms with van der Waals surface area (Å²) in [6.45, 7) is 4.00. The number of aldehydes is 1. The van der Waals surface area contributed by atoms with Crippen LogP contribution in [0, 0.1) is 0 Å². The van der Waals surface area contributed by atoms with Crippen LogP contribution in [0.4, 0.5) is 0 Å². The molecule has 0 atom stereocenters. The summed E-state index contributed by atoms with van der Waals surface area (Å²) in [5.74, 6) is -1.10. The summed E-state index contributed by atoms with van der Waals surface area (Å²) >= 11 is 0. The van der Waals surface area contributed by atoms with Crippen LogP contribution in [0.3, 0.4) is 0 Å². The Hall–Kier alpha value is -1.12. The largest absolute Gasteiger partial charge is 0.478 e. The van der Waals surface area contributed by atoms with E-state index in [1.54, 1.807) is 0 Å². The molecule has 0 saturated carbocycles. The van der Waals surface area contributed by atoms with Crippen molar-refractivity contribution in [2.45, 2.75) is 13.8 Å². The standard InChI is InChI=1S/C4H4O3.C2H6/c5-3-1-2-4(6)7;1-2/h1-3H,(H,6,7);1-2H3/b2-1-;. The first-order valence-electron chi connectivity index (χ1n) is 2.62. The highest BCUT2D eigenvalue weighted by Crippen LogP contribution is 1.64. The summed E-state index contributed by atoms with van der Waals surface area (Å²) < 4.78 is 0. The number of hydrogen-bond acceptors (Lipinski definition) is 2. The number of aliphatic carboxylic acids is 1. The van der Waals surface area contributed by atoms with E-state index in [1.165, 1.54) is 0 Å². The second-order valence-corrected chi connectivity index (χ2v) is 0.833. The van der Waals surface area contributed by atoms with Gasteiger partial charge in [0.05, 0.1) is 0 Å². The van der Waals surface area contributed by atoms with E-state index >= 15 is 0 Å². The van der Waals surface area contributed by atoms with Crippen LogP contribution in [0.2, 0.25) is 0 Å². The molecular formula is C6H10O3. The third-order valence-corrected chi connectivity index (χ3v) is 0.317. The van der Waals surface area contributed by atoms with E-state index in [0.717, 1.165) is 12.2 Å². The molecule has 0 aromatic rings. The van der Waals surface area contributed by atoms with Crippen LogP contribution < -0.4 is 0 Å². The second-order valence-electron chi connectivity index (χ2n) is 0.833. The van der Waals surface area contributed by atoms with Gasteiger partial charge in [0, 0.05) is 6.08 Å². The van der Waals surface area contributed by atoms with Crippen molar-refractivity contribution >= 4 is 12.3 Å². The lowest BCUT2D eigenvalue weighted by Crippen LogP contribution is -1.84. The Bertz CT molecular complexity index is 105. The summed E-state index contributed by atoms with van der Waals surface area (Å²) in [7, 11) is 0. The van der Waals surface area contributed by atoms with Gasteiger partial charge in [-0.2, -0.15) is 0 Å². The molecule has 0 spiro atoms. The highest BCUT2D eigenvalue weighted by Gasteiger charge is 1.79. The molecule has 0 aromatic heterocycles. The molecule has 3 nitrogen and oxygen atoms in total. The Morgan fingerprint density at radius 3 is 2.00 bits per heavy atom. The molecule has 0 aromatic carbocycles. The van der Waals surface area contributed by atoms with Crippen molar-refractivity contribution in [3.05, 3.63) is 12.2 Å². The average Bonchev–Trinajstić information content (AvgIpc) is 1.88. The predicted molar refractivity (Wildman–Crippen MR) is 34.2 cm³/mol. The number of carbonyl (C=O) groups excluding carboxylic acids is 1. The molecule has 0 aliphatic carbocycles. The molecule has 0 saturated heterocycles. The molecule has 0 amide bonds. The van der Waals surface area contributed by atoms with E-state index in [1.807, 2.05) is 13.8 Å². The molecular weight excluding hydrogens is 120 g/mol. The first-order chi connectivity index (χ1) is 4.27. The molecule has 9 heavy (non-hydrogen) atoms. The monoisotopic (exact) mass is 130 g/mol. The van der Waals surface area contributed by atoms with E-state index in [0.29, 0.717) is 6.29 Å². The highest BCUT2D eigenvalue weighted by molar-refractivity contribution is 5.84. The van der Waals surface area contributed by atoms with Gasteiger partial charge < -0.3 is 5.11 Å². The topological polar surface area (TPSA) is 54.4 Å². The number of carboxylic acids is 1. The lowest BCUT2D eigenvalue weighted by Gasteiger charge is -1.68. The Morgan fingerprint density at radius 1 is 1.44 bits per heavy atom. The second kappa shape index (κ2) is 9.99. The molecule has 0 aliphatic heterocycles. The third-order valence-electron chi connectivity index (χ3n) is 0.317. The maximum Gasteiger partial charge on any atom is 0.328 e. The lowest BCUT2D eigenvalue weighted by atomic mass is 10.5. The van der Waals surface area contributed by atoms with Gasteiger partial charge in [-0.1, -0.05) is 13.8 Å². The molecule has 0 rings (SSSR count). The zero-order valence-electron chi connectivity index (χ0n) is 5.50. The van der Waals surface area contributed by atoms with Gasteiger partial charge in [-0.05, 0) is 6.08 Å². The average molecular weight is 130 g/mol. The highest BCUT2D eigenvalue weighted by atomic mass is 16.4. The number of allylic oxidation sites excluding steroid dienone is 1. The summed E-state index contributed by atoms with van der Waals surface area (Å²) in [5, 5.41) is 7.80. The maximum absolute atomic E-state index is 9.51. The van der Waals surface area contributed by atoms with Gasteiger partial charge in [0.15, 0.2) is 0 Å². The van der Waals surface area contributed by atoms with Crippen molar-refractivity contribution in [3.8, 4) is 0 Å². The minimum Gasteiger partial charge on any atom is -0.478 e. The van der Waals surface area contributed by atoms with Crippen LogP contribution in [0.15, 0.2) is 12.2 Å². The summed E-state index contributed by atoms with van der Waals surface area (Å²) in [6.07, 6.45) is 2.10. The molecule has 52 valence electrons. The fourth-order valence-corrected chi connectivity index (χ4v) is 0.122. The van der Waals surface area contributed by atoms with Crippen molar-refractivity contribution < 1.29 is 14.7 Å². The van der Waals surface area contributed by atoms with Gasteiger partial charge in [-0.25, -0.2) is 4.79 Å². The van der Waals surface area contributed by atoms with E-state index < -0.39 is 5.97 Å². The minimum atomic E-state index is -1.10. The van der Waals surface area contributed by atoms with Crippen LogP contribution in [0.1, 0.15) is 13.8 Å². The Labute approximate surface area is 54.0 Å². The summed E-state index contributed by atoms with van der Waals surface area (Å²) in [4.78, 5) is 18.9. The molecule has 0 unspecified atom stereocenters. The normalized spacial score (nSPS) is 7.78. The van der Waals surface area contributed by atoms with Crippen molar-refractivity contribution in [1.29, 1.82) is 0 Å². The number of carboxylic acid groups (broad SMARTS) is 1. The minimum absolute atomic E-state index is 0.411. The smallest absolute Gasteiger partial charge is 0.328 e. The molecule has 3 heteroatoms. The predicted octanol–water partition coefficient (Wildman–Crippen LogP) is 0.852. The first-order valence-corrected chi connectivity index (χ1v) is 2.62. The molecule has 0 aliphatic rings. The fourth-order valence-electron chi connectivity index (χ4n) is 0.122. The number of carbonyl (C=O) groups is 2. The maximum atomic E-state index is 9.51. The molecule has 1 N–H and O–H groups in total. The van der Waals surface area contributed by atoms with E-state index in [2.05, 4.69) is 0 Å². The van der Waals surface area contributed by atoms with Crippen LogP contribution in [-0.4, -0.2) is 17.4 Å².